The summed E-state index contributed by atoms with van der Waals surface area (Å²) < 4.78 is 21.2. The van der Waals surface area contributed by atoms with Crippen molar-refractivity contribution in [2.45, 2.75) is 13.0 Å². The van der Waals surface area contributed by atoms with Crippen LogP contribution in [0.15, 0.2) is 42.5 Å². The Kier molecular flexibility index (Phi) is 5.46. The molecule has 0 unspecified atom stereocenters. The van der Waals surface area contributed by atoms with Crippen molar-refractivity contribution in [1.82, 2.24) is 0 Å². The van der Waals surface area contributed by atoms with Gasteiger partial charge in [0.05, 0.1) is 21.3 Å². The first kappa shape index (κ1) is 16.7. The van der Waals surface area contributed by atoms with Gasteiger partial charge in [-0.05, 0) is 12.5 Å². The lowest BCUT2D eigenvalue weighted by Crippen LogP contribution is -2.11. The summed E-state index contributed by atoms with van der Waals surface area (Å²) in [6.45, 7) is 1.82. The first-order chi connectivity index (χ1) is 11.1. The summed E-state index contributed by atoms with van der Waals surface area (Å²) in [4.78, 5) is 12.5. The maximum absolute atomic E-state index is 12.5. The molecule has 0 spiro atoms. The lowest BCUT2D eigenvalue weighted by molar-refractivity contribution is 0.0334. The molecule has 23 heavy (non-hydrogen) atoms. The summed E-state index contributed by atoms with van der Waals surface area (Å²) in [6.07, 6.45) is -0.374. The summed E-state index contributed by atoms with van der Waals surface area (Å²) in [5, 5.41) is 0. The fourth-order valence-electron chi connectivity index (χ4n) is 2.20. The van der Waals surface area contributed by atoms with E-state index in [4.69, 9.17) is 18.9 Å². The van der Waals surface area contributed by atoms with E-state index in [0.717, 1.165) is 5.56 Å². The summed E-state index contributed by atoms with van der Waals surface area (Å²) in [6, 6.07) is 12.7. The van der Waals surface area contributed by atoms with E-state index in [-0.39, 0.29) is 11.7 Å². The van der Waals surface area contributed by atoms with Gasteiger partial charge in [0.2, 0.25) is 0 Å². The number of benzene rings is 2. The number of ether oxygens (including phenoxy) is 4. The standard InChI is InChI=1S/C18H20O5/c1-12(13-8-6-5-7-9-13)23-18(19)14-10-16(21-3)17(22-4)11-15(14)20-2/h5-12H,1-4H3/t12-/m1/s1. The van der Waals surface area contributed by atoms with Crippen LogP contribution in [0.3, 0.4) is 0 Å². The van der Waals surface area contributed by atoms with E-state index in [9.17, 15) is 4.79 Å². The third kappa shape index (κ3) is 3.74. The normalized spacial score (nSPS) is 11.5. The summed E-state index contributed by atoms with van der Waals surface area (Å²) in [5.74, 6) is 0.802. The van der Waals surface area contributed by atoms with Crippen molar-refractivity contribution in [2.75, 3.05) is 21.3 Å². The molecule has 2 aromatic rings. The average Bonchev–Trinajstić information content (AvgIpc) is 2.60. The van der Waals surface area contributed by atoms with Crippen molar-refractivity contribution in [2.24, 2.45) is 0 Å². The molecular formula is C18H20O5. The Morgan fingerprint density at radius 3 is 2.00 bits per heavy atom. The summed E-state index contributed by atoms with van der Waals surface area (Å²) in [7, 11) is 4.51. The smallest absolute Gasteiger partial charge is 0.342 e. The molecule has 0 amide bonds. The highest BCUT2D eigenvalue weighted by Crippen LogP contribution is 2.35. The van der Waals surface area contributed by atoms with Gasteiger partial charge < -0.3 is 18.9 Å². The zero-order valence-corrected chi connectivity index (χ0v) is 13.7. The van der Waals surface area contributed by atoms with Crippen LogP contribution in [-0.2, 0) is 4.74 Å². The fraction of sp³-hybridized carbons (Fsp3) is 0.278. The maximum Gasteiger partial charge on any atom is 0.342 e. The zero-order valence-electron chi connectivity index (χ0n) is 13.7. The van der Waals surface area contributed by atoms with Gasteiger partial charge in [-0.3, -0.25) is 0 Å². The van der Waals surface area contributed by atoms with Crippen molar-refractivity contribution in [3.05, 3.63) is 53.6 Å². The van der Waals surface area contributed by atoms with Crippen molar-refractivity contribution in [3.8, 4) is 17.2 Å². The molecule has 1 atom stereocenters. The van der Waals surface area contributed by atoms with Crippen LogP contribution >= 0.6 is 0 Å². The van der Waals surface area contributed by atoms with Gasteiger partial charge in [-0.25, -0.2) is 4.79 Å². The molecule has 0 aliphatic heterocycles. The number of methoxy groups -OCH3 is 3. The van der Waals surface area contributed by atoms with Crippen LogP contribution in [0, 0.1) is 0 Å². The van der Waals surface area contributed by atoms with Crippen LogP contribution in [0.4, 0.5) is 0 Å². The highest BCUT2D eigenvalue weighted by Gasteiger charge is 2.21. The van der Waals surface area contributed by atoms with E-state index in [0.29, 0.717) is 17.2 Å². The minimum absolute atomic E-state index is 0.285. The summed E-state index contributed by atoms with van der Waals surface area (Å²) >= 11 is 0. The molecule has 0 fully saturated rings. The molecule has 0 heterocycles. The topological polar surface area (TPSA) is 54.0 Å². The van der Waals surface area contributed by atoms with Crippen LogP contribution in [0.2, 0.25) is 0 Å². The van der Waals surface area contributed by atoms with E-state index in [1.165, 1.54) is 21.3 Å². The van der Waals surface area contributed by atoms with Gasteiger partial charge in [-0.15, -0.1) is 0 Å². The van der Waals surface area contributed by atoms with E-state index in [2.05, 4.69) is 0 Å². The molecule has 0 radical (unpaired) electrons. The van der Waals surface area contributed by atoms with Crippen LogP contribution in [0.1, 0.15) is 28.9 Å². The Balaban J connectivity index is 2.28. The van der Waals surface area contributed by atoms with Gasteiger partial charge in [0.1, 0.15) is 17.4 Å². The molecule has 2 aromatic carbocycles. The minimum atomic E-state index is -0.487. The molecule has 0 aliphatic carbocycles. The third-order valence-electron chi connectivity index (χ3n) is 3.48. The Labute approximate surface area is 135 Å². The number of rotatable bonds is 6. The molecule has 5 heteroatoms. The fourth-order valence-corrected chi connectivity index (χ4v) is 2.20. The third-order valence-corrected chi connectivity index (χ3v) is 3.48. The molecule has 122 valence electrons. The first-order valence-electron chi connectivity index (χ1n) is 7.16. The predicted octanol–water partition coefficient (Wildman–Crippen LogP) is 3.63. The quantitative estimate of drug-likeness (QED) is 0.762. The van der Waals surface area contributed by atoms with Crippen LogP contribution < -0.4 is 14.2 Å². The molecule has 0 saturated heterocycles. The SMILES string of the molecule is COc1cc(OC)c(C(=O)O[C@H](C)c2ccccc2)cc1OC. The van der Waals surface area contributed by atoms with Gasteiger partial charge in [0, 0.05) is 12.1 Å². The van der Waals surface area contributed by atoms with Gasteiger partial charge in [-0.2, -0.15) is 0 Å². The lowest BCUT2D eigenvalue weighted by Gasteiger charge is -2.16. The van der Waals surface area contributed by atoms with E-state index in [1.807, 2.05) is 37.3 Å². The van der Waals surface area contributed by atoms with E-state index >= 15 is 0 Å². The number of carbonyl (C=O) groups excluding carboxylic acids is 1. The highest BCUT2D eigenvalue weighted by atomic mass is 16.5. The van der Waals surface area contributed by atoms with Crippen molar-refractivity contribution < 1.29 is 23.7 Å². The second kappa shape index (κ2) is 7.54. The molecule has 2 rings (SSSR count). The largest absolute Gasteiger partial charge is 0.496 e. The lowest BCUT2D eigenvalue weighted by atomic mass is 10.1. The maximum atomic E-state index is 12.5. The van der Waals surface area contributed by atoms with Crippen LogP contribution in [0.5, 0.6) is 17.2 Å². The number of hydrogen-bond donors (Lipinski definition) is 0. The number of hydrogen-bond acceptors (Lipinski definition) is 5. The van der Waals surface area contributed by atoms with Crippen molar-refractivity contribution in [3.63, 3.8) is 0 Å². The number of esters is 1. The van der Waals surface area contributed by atoms with Crippen molar-refractivity contribution in [1.29, 1.82) is 0 Å². The molecule has 0 saturated carbocycles. The first-order valence-corrected chi connectivity index (χ1v) is 7.16. The molecule has 0 N–H and O–H groups in total. The Hall–Kier alpha value is -2.69. The van der Waals surface area contributed by atoms with Crippen molar-refractivity contribution >= 4 is 5.97 Å². The van der Waals surface area contributed by atoms with Gasteiger partial charge >= 0.3 is 5.97 Å². The van der Waals surface area contributed by atoms with Crippen LogP contribution in [0.25, 0.3) is 0 Å². The highest BCUT2D eigenvalue weighted by molar-refractivity contribution is 5.93. The molecule has 5 nitrogen and oxygen atoms in total. The van der Waals surface area contributed by atoms with E-state index in [1.54, 1.807) is 12.1 Å². The van der Waals surface area contributed by atoms with E-state index < -0.39 is 5.97 Å². The number of carbonyl (C=O) groups is 1. The predicted molar refractivity (Wildman–Crippen MR) is 86.4 cm³/mol. The Bertz CT molecular complexity index is 667. The van der Waals surface area contributed by atoms with Gasteiger partial charge in [0.25, 0.3) is 0 Å². The molecule has 0 bridgehead atoms. The molecule has 0 aliphatic rings. The second-order valence-corrected chi connectivity index (χ2v) is 4.87. The van der Waals surface area contributed by atoms with Crippen LogP contribution in [-0.4, -0.2) is 27.3 Å². The molecular weight excluding hydrogens is 296 g/mol. The minimum Gasteiger partial charge on any atom is -0.496 e. The summed E-state index contributed by atoms with van der Waals surface area (Å²) in [5.41, 5.74) is 1.20. The van der Waals surface area contributed by atoms with Gasteiger partial charge in [0.15, 0.2) is 11.5 Å². The average molecular weight is 316 g/mol. The zero-order chi connectivity index (χ0) is 16.8. The monoisotopic (exact) mass is 316 g/mol. The Morgan fingerprint density at radius 2 is 1.43 bits per heavy atom. The second-order valence-electron chi connectivity index (χ2n) is 4.87. The molecule has 0 aromatic heterocycles. The van der Waals surface area contributed by atoms with Gasteiger partial charge in [-0.1, -0.05) is 30.3 Å². The Morgan fingerprint density at radius 1 is 0.870 bits per heavy atom.